The lowest BCUT2D eigenvalue weighted by Crippen LogP contribution is -2.14. The van der Waals surface area contributed by atoms with Crippen LogP contribution in [0.3, 0.4) is 0 Å². The highest BCUT2D eigenvalue weighted by molar-refractivity contribution is 7.17. The summed E-state index contributed by atoms with van der Waals surface area (Å²) in [5.41, 5.74) is 0.624. The second-order valence-electron chi connectivity index (χ2n) is 3.34. The fourth-order valence-corrected chi connectivity index (χ4v) is 2.54. The van der Waals surface area contributed by atoms with E-state index in [2.05, 4.69) is 0 Å². The van der Waals surface area contributed by atoms with Gasteiger partial charge in [0, 0.05) is 10.3 Å². The molecule has 0 radical (unpaired) electrons. The van der Waals surface area contributed by atoms with Gasteiger partial charge in [0.05, 0.1) is 6.61 Å². The average molecular weight is 236 g/mol. The summed E-state index contributed by atoms with van der Waals surface area (Å²) < 4.78 is 5.85. The smallest absolute Gasteiger partial charge is 0.339 e. The van der Waals surface area contributed by atoms with Gasteiger partial charge in [0.2, 0.25) is 0 Å². The lowest BCUT2D eigenvalue weighted by atomic mass is 10.1. The second kappa shape index (κ2) is 4.63. The lowest BCUT2D eigenvalue weighted by Gasteiger charge is -2.08. The molecular weight excluding hydrogens is 224 g/mol. The molecule has 1 aromatic carbocycles. The van der Waals surface area contributed by atoms with Gasteiger partial charge in [-0.05, 0) is 23.8 Å². The van der Waals surface area contributed by atoms with Gasteiger partial charge in [0.15, 0.2) is 6.10 Å². The summed E-state index contributed by atoms with van der Waals surface area (Å²) in [4.78, 5) is 11.4. The Balaban J connectivity index is 2.36. The summed E-state index contributed by atoms with van der Waals surface area (Å²) in [6.45, 7) is 1.99. The molecule has 1 aromatic heterocycles. The predicted molar refractivity (Wildman–Crippen MR) is 63.4 cm³/mol. The van der Waals surface area contributed by atoms with Crippen molar-refractivity contribution in [1.82, 2.24) is 0 Å². The van der Waals surface area contributed by atoms with Crippen molar-refractivity contribution in [2.45, 2.75) is 13.0 Å². The third-order valence-electron chi connectivity index (χ3n) is 2.32. The maximum atomic E-state index is 11.4. The van der Waals surface area contributed by atoms with Gasteiger partial charge in [0.1, 0.15) is 0 Å². The highest BCUT2D eigenvalue weighted by Gasteiger charge is 2.21. The van der Waals surface area contributed by atoms with Crippen LogP contribution in [0, 0.1) is 0 Å². The minimum absolute atomic E-state index is 0.276. The van der Waals surface area contributed by atoms with E-state index >= 15 is 0 Å². The third-order valence-corrected chi connectivity index (χ3v) is 3.30. The summed E-state index contributed by atoms with van der Waals surface area (Å²) in [7, 11) is 0. The molecule has 0 bridgehead atoms. The Hall–Kier alpha value is -1.39. The molecule has 0 saturated carbocycles. The van der Waals surface area contributed by atoms with Crippen LogP contribution in [-0.2, 0) is 9.53 Å². The van der Waals surface area contributed by atoms with Crippen LogP contribution in [0.15, 0.2) is 29.6 Å². The number of fused-ring (bicyclic) bond motifs is 1. The summed E-state index contributed by atoms with van der Waals surface area (Å²) in [6, 6.07) is 7.67. The number of ether oxygens (including phenoxy) is 1. The Labute approximate surface area is 97.3 Å². The minimum Gasteiger partial charge on any atom is -0.464 e. The van der Waals surface area contributed by atoms with Crippen molar-refractivity contribution in [3.63, 3.8) is 0 Å². The van der Waals surface area contributed by atoms with Crippen molar-refractivity contribution in [3.05, 3.63) is 35.2 Å². The maximum absolute atomic E-state index is 11.4. The molecule has 0 saturated heterocycles. The summed E-state index contributed by atoms with van der Waals surface area (Å²) in [5.74, 6) is -0.592. The Morgan fingerprint density at radius 1 is 1.50 bits per heavy atom. The fraction of sp³-hybridized carbons (Fsp3) is 0.250. The van der Waals surface area contributed by atoms with Crippen molar-refractivity contribution in [2.75, 3.05) is 6.61 Å². The van der Waals surface area contributed by atoms with E-state index in [1.165, 1.54) is 11.3 Å². The Morgan fingerprint density at radius 2 is 2.25 bits per heavy atom. The number of esters is 1. The Morgan fingerprint density at radius 3 is 3.00 bits per heavy atom. The van der Waals surface area contributed by atoms with Crippen LogP contribution in [0.25, 0.3) is 10.1 Å². The molecular formula is C12H12O3S. The molecule has 1 heterocycles. The van der Waals surface area contributed by atoms with Crippen molar-refractivity contribution >= 4 is 27.4 Å². The van der Waals surface area contributed by atoms with E-state index in [9.17, 15) is 9.90 Å². The molecule has 3 nitrogen and oxygen atoms in total. The SMILES string of the molecule is CCOC(=O)C(O)c1csc2ccccc12. The zero-order chi connectivity index (χ0) is 11.5. The molecule has 0 aliphatic heterocycles. The number of aliphatic hydroxyl groups excluding tert-OH is 1. The van der Waals surface area contributed by atoms with E-state index in [1.807, 2.05) is 24.3 Å². The van der Waals surface area contributed by atoms with Gasteiger partial charge < -0.3 is 9.84 Å². The van der Waals surface area contributed by atoms with E-state index in [-0.39, 0.29) is 6.61 Å². The van der Waals surface area contributed by atoms with Gasteiger partial charge in [-0.1, -0.05) is 18.2 Å². The fourth-order valence-electron chi connectivity index (χ4n) is 1.56. The van der Waals surface area contributed by atoms with Crippen molar-refractivity contribution < 1.29 is 14.6 Å². The number of hydrogen-bond donors (Lipinski definition) is 1. The standard InChI is InChI=1S/C12H12O3S/c1-2-15-12(14)11(13)9-7-16-10-6-4-3-5-8(9)10/h3-7,11,13H,2H2,1H3. The van der Waals surface area contributed by atoms with Gasteiger partial charge in [-0.2, -0.15) is 0 Å². The number of carbonyl (C=O) groups is 1. The highest BCUT2D eigenvalue weighted by Crippen LogP contribution is 2.30. The molecule has 2 rings (SSSR count). The molecule has 0 amide bonds. The highest BCUT2D eigenvalue weighted by atomic mass is 32.1. The molecule has 1 atom stereocenters. The number of aliphatic hydroxyl groups is 1. The summed E-state index contributed by atoms with van der Waals surface area (Å²) in [6.07, 6.45) is -1.18. The Kier molecular flexibility index (Phi) is 3.22. The number of benzene rings is 1. The van der Waals surface area contributed by atoms with Crippen LogP contribution in [-0.4, -0.2) is 17.7 Å². The van der Waals surface area contributed by atoms with E-state index in [0.717, 1.165) is 10.1 Å². The van der Waals surface area contributed by atoms with Crippen LogP contribution in [0.4, 0.5) is 0 Å². The van der Waals surface area contributed by atoms with E-state index in [0.29, 0.717) is 5.56 Å². The second-order valence-corrected chi connectivity index (χ2v) is 4.25. The maximum Gasteiger partial charge on any atom is 0.339 e. The van der Waals surface area contributed by atoms with Crippen molar-refractivity contribution in [3.8, 4) is 0 Å². The van der Waals surface area contributed by atoms with Gasteiger partial charge in [0.25, 0.3) is 0 Å². The van der Waals surface area contributed by atoms with Gasteiger partial charge in [-0.3, -0.25) is 0 Å². The molecule has 0 aliphatic carbocycles. The first-order valence-electron chi connectivity index (χ1n) is 5.05. The third kappa shape index (κ3) is 1.94. The molecule has 4 heteroatoms. The van der Waals surface area contributed by atoms with Crippen LogP contribution in [0.1, 0.15) is 18.6 Å². The molecule has 0 spiro atoms. The van der Waals surface area contributed by atoms with Gasteiger partial charge in [-0.15, -0.1) is 11.3 Å². The van der Waals surface area contributed by atoms with E-state index in [1.54, 1.807) is 12.3 Å². The monoisotopic (exact) mass is 236 g/mol. The molecule has 0 fully saturated rings. The average Bonchev–Trinajstić information content (AvgIpc) is 2.72. The quantitative estimate of drug-likeness (QED) is 0.833. The van der Waals surface area contributed by atoms with E-state index in [4.69, 9.17) is 4.74 Å². The Bertz CT molecular complexity index is 504. The van der Waals surface area contributed by atoms with Gasteiger partial charge in [-0.25, -0.2) is 4.79 Å². The molecule has 1 N–H and O–H groups in total. The minimum atomic E-state index is -1.18. The van der Waals surface area contributed by atoms with Crippen LogP contribution in [0.5, 0.6) is 0 Å². The lowest BCUT2D eigenvalue weighted by molar-refractivity contribution is -0.153. The number of rotatable bonds is 3. The zero-order valence-corrected chi connectivity index (χ0v) is 9.66. The number of hydrogen-bond acceptors (Lipinski definition) is 4. The summed E-state index contributed by atoms with van der Waals surface area (Å²) >= 11 is 1.51. The van der Waals surface area contributed by atoms with Crippen molar-refractivity contribution in [1.29, 1.82) is 0 Å². The molecule has 2 aromatic rings. The zero-order valence-electron chi connectivity index (χ0n) is 8.84. The predicted octanol–water partition coefficient (Wildman–Crippen LogP) is 2.50. The molecule has 84 valence electrons. The normalized spacial score (nSPS) is 12.6. The first-order valence-corrected chi connectivity index (χ1v) is 5.93. The largest absolute Gasteiger partial charge is 0.464 e. The molecule has 16 heavy (non-hydrogen) atoms. The van der Waals surface area contributed by atoms with Crippen LogP contribution < -0.4 is 0 Å². The van der Waals surface area contributed by atoms with E-state index < -0.39 is 12.1 Å². The topological polar surface area (TPSA) is 46.5 Å². The van der Waals surface area contributed by atoms with Gasteiger partial charge >= 0.3 is 5.97 Å². The van der Waals surface area contributed by atoms with Crippen LogP contribution >= 0.6 is 11.3 Å². The number of carbonyl (C=O) groups excluding carboxylic acids is 1. The number of thiophene rings is 1. The first kappa shape index (κ1) is 11.1. The molecule has 0 aliphatic rings. The summed E-state index contributed by atoms with van der Waals surface area (Å²) in [5, 5.41) is 12.5. The van der Waals surface area contributed by atoms with Crippen LogP contribution in [0.2, 0.25) is 0 Å². The van der Waals surface area contributed by atoms with Crippen molar-refractivity contribution in [2.24, 2.45) is 0 Å². The molecule has 1 unspecified atom stereocenters. The first-order chi connectivity index (χ1) is 7.74.